The van der Waals surface area contributed by atoms with Gasteiger partial charge in [0.25, 0.3) is 0 Å². The summed E-state index contributed by atoms with van der Waals surface area (Å²) in [6.45, 7) is 2.99. The summed E-state index contributed by atoms with van der Waals surface area (Å²) in [7, 11) is 0. The number of para-hydroxylation sites is 1. The molecule has 0 fully saturated rings. The first-order valence-electron chi connectivity index (χ1n) is 5.93. The molecule has 0 aliphatic carbocycles. The SMILES string of the molecule is CCOc1cccc2c1nc(N)n2CCOC(N)=O. The molecule has 1 aromatic heterocycles. The zero-order valence-electron chi connectivity index (χ0n) is 10.6. The van der Waals surface area contributed by atoms with Gasteiger partial charge in [0.15, 0.2) is 0 Å². The minimum Gasteiger partial charge on any atom is -0.492 e. The van der Waals surface area contributed by atoms with Crippen molar-refractivity contribution in [3.8, 4) is 5.75 Å². The molecule has 0 atom stereocenters. The third-order valence-electron chi connectivity index (χ3n) is 2.63. The van der Waals surface area contributed by atoms with Crippen molar-refractivity contribution < 1.29 is 14.3 Å². The van der Waals surface area contributed by atoms with Gasteiger partial charge in [0, 0.05) is 0 Å². The summed E-state index contributed by atoms with van der Waals surface area (Å²) in [5, 5.41) is 0. The highest BCUT2D eigenvalue weighted by Crippen LogP contribution is 2.26. The number of hydrogen-bond donors (Lipinski definition) is 2. The Bertz CT molecular complexity index is 594. The number of aromatic nitrogens is 2. The molecule has 7 nitrogen and oxygen atoms in total. The summed E-state index contributed by atoms with van der Waals surface area (Å²) in [6, 6.07) is 5.58. The van der Waals surface area contributed by atoms with E-state index in [9.17, 15) is 4.79 Å². The molecule has 7 heteroatoms. The van der Waals surface area contributed by atoms with Crippen LogP contribution in [-0.2, 0) is 11.3 Å². The summed E-state index contributed by atoms with van der Waals surface area (Å²) in [5.74, 6) is 1.02. The van der Waals surface area contributed by atoms with Crippen molar-refractivity contribution in [2.24, 2.45) is 5.73 Å². The topological polar surface area (TPSA) is 105 Å². The maximum Gasteiger partial charge on any atom is 0.404 e. The number of fused-ring (bicyclic) bond motifs is 1. The first kappa shape index (κ1) is 13.0. The van der Waals surface area contributed by atoms with E-state index in [4.69, 9.17) is 20.9 Å². The number of nitrogens with zero attached hydrogens (tertiary/aromatic N) is 2. The summed E-state index contributed by atoms with van der Waals surface area (Å²) in [5.41, 5.74) is 12.3. The van der Waals surface area contributed by atoms with Crippen LogP contribution in [0.25, 0.3) is 11.0 Å². The van der Waals surface area contributed by atoms with Crippen LogP contribution in [0, 0.1) is 0 Å². The largest absolute Gasteiger partial charge is 0.492 e. The van der Waals surface area contributed by atoms with Crippen molar-refractivity contribution >= 4 is 23.1 Å². The highest BCUT2D eigenvalue weighted by molar-refractivity contribution is 5.84. The van der Waals surface area contributed by atoms with Crippen molar-refractivity contribution in [2.45, 2.75) is 13.5 Å². The Balaban J connectivity index is 2.31. The molecule has 0 radical (unpaired) electrons. The average Bonchev–Trinajstić information content (AvgIpc) is 2.67. The minimum atomic E-state index is -0.807. The van der Waals surface area contributed by atoms with Crippen molar-refractivity contribution in [2.75, 3.05) is 18.9 Å². The van der Waals surface area contributed by atoms with Gasteiger partial charge in [0.05, 0.1) is 18.7 Å². The Hall–Kier alpha value is -2.44. The van der Waals surface area contributed by atoms with E-state index in [0.717, 1.165) is 5.52 Å². The van der Waals surface area contributed by atoms with Crippen molar-refractivity contribution in [3.63, 3.8) is 0 Å². The fourth-order valence-corrected chi connectivity index (χ4v) is 1.88. The lowest BCUT2D eigenvalue weighted by atomic mass is 10.3. The Labute approximate surface area is 110 Å². The molecule has 1 amide bonds. The summed E-state index contributed by atoms with van der Waals surface area (Å²) < 4.78 is 11.9. The molecule has 1 heterocycles. The van der Waals surface area contributed by atoms with E-state index in [2.05, 4.69) is 4.98 Å². The van der Waals surface area contributed by atoms with Gasteiger partial charge in [0.1, 0.15) is 17.9 Å². The smallest absolute Gasteiger partial charge is 0.404 e. The molecular weight excluding hydrogens is 248 g/mol. The van der Waals surface area contributed by atoms with Gasteiger partial charge in [-0.15, -0.1) is 0 Å². The molecule has 0 saturated carbocycles. The van der Waals surface area contributed by atoms with Gasteiger partial charge >= 0.3 is 6.09 Å². The zero-order chi connectivity index (χ0) is 13.8. The average molecular weight is 264 g/mol. The zero-order valence-corrected chi connectivity index (χ0v) is 10.6. The number of ether oxygens (including phenoxy) is 2. The predicted octanol–water partition coefficient (Wildman–Crippen LogP) is 1.11. The molecule has 102 valence electrons. The summed E-state index contributed by atoms with van der Waals surface area (Å²) in [6.07, 6.45) is -0.807. The van der Waals surface area contributed by atoms with Crippen LogP contribution >= 0.6 is 0 Å². The van der Waals surface area contributed by atoms with E-state index in [1.54, 1.807) is 4.57 Å². The number of carbonyl (C=O) groups excluding carboxylic acids is 1. The number of imidazole rings is 1. The normalized spacial score (nSPS) is 10.6. The number of rotatable bonds is 5. The molecule has 4 N–H and O–H groups in total. The highest BCUT2D eigenvalue weighted by Gasteiger charge is 2.12. The highest BCUT2D eigenvalue weighted by atomic mass is 16.5. The first-order valence-corrected chi connectivity index (χ1v) is 5.93. The van der Waals surface area contributed by atoms with Gasteiger partial charge < -0.3 is 25.5 Å². The number of carbonyl (C=O) groups is 1. The van der Waals surface area contributed by atoms with E-state index in [0.29, 0.717) is 30.4 Å². The van der Waals surface area contributed by atoms with Crippen LogP contribution in [0.4, 0.5) is 10.7 Å². The van der Waals surface area contributed by atoms with Crippen LogP contribution in [0.3, 0.4) is 0 Å². The van der Waals surface area contributed by atoms with E-state index < -0.39 is 6.09 Å². The van der Waals surface area contributed by atoms with Crippen molar-refractivity contribution in [1.29, 1.82) is 0 Å². The Morgan fingerprint density at radius 2 is 2.26 bits per heavy atom. The fourth-order valence-electron chi connectivity index (χ4n) is 1.88. The second-order valence-electron chi connectivity index (χ2n) is 3.85. The minimum absolute atomic E-state index is 0.143. The fraction of sp³-hybridized carbons (Fsp3) is 0.333. The molecule has 19 heavy (non-hydrogen) atoms. The molecule has 0 aliphatic rings. The quantitative estimate of drug-likeness (QED) is 0.841. The summed E-state index contributed by atoms with van der Waals surface area (Å²) in [4.78, 5) is 14.8. The Kier molecular flexibility index (Phi) is 3.74. The Morgan fingerprint density at radius 1 is 1.47 bits per heavy atom. The van der Waals surface area contributed by atoms with Crippen LogP contribution in [0.15, 0.2) is 18.2 Å². The van der Waals surface area contributed by atoms with Gasteiger partial charge in [-0.25, -0.2) is 9.78 Å². The van der Waals surface area contributed by atoms with Crippen LogP contribution in [0.5, 0.6) is 5.75 Å². The second-order valence-corrected chi connectivity index (χ2v) is 3.85. The summed E-state index contributed by atoms with van der Waals surface area (Å²) >= 11 is 0. The number of anilines is 1. The molecule has 0 saturated heterocycles. The van der Waals surface area contributed by atoms with Gasteiger partial charge in [-0.2, -0.15) is 0 Å². The third kappa shape index (κ3) is 2.70. The maximum absolute atomic E-state index is 10.5. The molecule has 0 aliphatic heterocycles. The van der Waals surface area contributed by atoms with Crippen molar-refractivity contribution in [1.82, 2.24) is 9.55 Å². The Morgan fingerprint density at radius 3 is 2.95 bits per heavy atom. The molecule has 1 aromatic carbocycles. The van der Waals surface area contributed by atoms with E-state index in [1.807, 2.05) is 25.1 Å². The second kappa shape index (κ2) is 5.47. The van der Waals surface area contributed by atoms with Gasteiger partial charge in [-0.3, -0.25) is 0 Å². The van der Waals surface area contributed by atoms with Crippen LogP contribution in [-0.4, -0.2) is 28.9 Å². The van der Waals surface area contributed by atoms with Crippen molar-refractivity contribution in [3.05, 3.63) is 18.2 Å². The lowest BCUT2D eigenvalue weighted by Gasteiger charge is -2.07. The molecule has 0 unspecified atom stereocenters. The van der Waals surface area contributed by atoms with Crippen LogP contribution in [0.1, 0.15) is 6.92 Å². The number of benzene rings is 1. The van der Waals surface area contributed by atoms with Gasteiger partial charge in [0.2, 0.25) is 5.95 Å². The molecule has 2 aromatic rings. The third-order valence-corrected chi connectivity index (χ3v) is 2.63. The molecular formula is C12H16N4O3. The number of nitrogen functional groups attached to an aromatic ring is 1. The number of nitrogens with two attached hydrogens (primary N) is 2. The number of primary amides is 1. The molecule has 2 rings (SSSR count). The standard InChI is InChI=1S/C12H16N4O3/c1-2-18-9-5-3-4-8-10(9)15-11(13)16(8)6-7-19-12(14)17/h3-5H,2,6-7H2,1H3,(H2,13,15)(H2,14,17). The monoisotopic (exact) mass is 264 g/mol. The van der Waals surface area contributed by atoms with E-state index in [1.165, 1.54) is 0 Å². The molecule has 0 spiro atoms. The predicted molar refractivity (Wildman–Crippen MR) is 70.8 cm³/mol. The molecule has 0 bridgehead atoms. The lowest BCUT2D eigenvalue weighted by Crippen LogP contribution is -2.17. The van der Waals surface area contributed by atoms with E-state index in [-0.39, 0.29) is 6.61 Å². The van der Waals surface area contributed by atoms with Gasteiger partial charge in [-0.05, 0) is 19.1 Å². The van der Waals surface area contributed by atoms with E-state index >= 15 is 0 Å². The van der Waals surface area contributed by atoms with Gasteiger partial charge in [-0.1, -0.05) is 6.07 Å². The van der Waals surface area contributed by atoms with Crippen LogP contribution < -0.4 is 16.2 Å². The first-order chi connectivity index (χ1) is 9.13. The van der Waals surface area contributed by atoms with Crippen LogP contribution in [0.2, 0.25) is 0 Å². The number of hydrogen-bond acceptors (Lipinski definition) is 5. The lowest BCUT2D eigenvalue weighted by molar-refractivity contribution is 0.153. The number of amides is 1. The maximum atomic E-state index is 10.5.